The molecule has 0 aliphatic carbocycles. The number of benzene rings is 3. The second-order valence-corrected chi connectivity index (χ2v) is 9.22. The van der Waals surface area contributed by atoms with Gasteiger partial charge in [-0.3, -0.25) is 14.5 Å². The summed E-state index contributed by atoms with van der Waals surface area (Å²) in [5.41, 5.74) is 3.53. The molecule has 1 atom stereocenters. The fourth-order valence-corrected chi connectivity index (χ4v) is 5.21. The molecule has 7 heteroatoms. The van der Waals surface area contributed by atoms with Gasteiger partial charge in [0.15, 0.2) is 5.13 Å². The largest absolute Gasteiger partial charge is 0.312 e. The van der Waals surface area contributed by atoms with Crippen molar-refractivity contribution >= 4 is 44.2 Å². The first-order valence-electron chi connectivity index (χ1n) is 10.8. The Hall–Kier alpha value is -3.58. The topological polar surface area (TPSA) is 53.5 Å². The second kappa shape index (κ2) is 8.75. The lowest BCUT2D eigenvalue weighted by Gasteiger charge is -2.23. The zero-order valence-corrected chi connectivity index (χ0v) is 18.9. The SMILES string of the molecule is Cc1cccc2sc(N(Cc3ccccc3)C(=O)C3CC(=O)N(c4ccc(F)cc4)C3)nc12. The van der Waals surface area contributed by atoms with Crippen LogP contribution < -0.4 is 9.80 Å². The van der Waals surface area contributed by atoms with E-state index in [1.165, 1.54) is 23.5 Å². The predicted molar refractivity (Wildman–Crippen MR) is 129 cm³/mol. The molecule has 4 aromatic rings. The number of aromatic nitrogens is 1. The third-order valence-corrected chi connectivity index (χ3v) is 6.95. The monoisotopic (exact) mass is 459 g/mol. The number of anilines is 2. The van der Waals surface area contributed by atoms with Crippen LogP contribution in [0.15, 0.2) is 72.8 Å². The fraction of sp³-hybridized carbons (Fsp3) is 0.192. The van der Waals surface area contributed by atoms with Crippen LogP contribution in [0.5, 0.6) is 0 Å². The van der Waals surface area contributed by atoms with Gasteiger partial charge in [0, 0.05) is 18.7 Å². The van der Waals surface area contributed by atoms with E-state index >= 15 is 0 Å². The summed E-state index contributed by atoms with van der Waals surface area (Å²) < 4.78 is 14.3. The Balaban J connectivity index is 1.46. The van der Waals surface area contributed by atoms with E-state index in [4.69, 9.17) is 4.98 Å². The summed E-state index contributed by atoms with van der Waals surface area (Å²) >= 11 is 1.48. The molecular weight excluding hydrogens is 437 g/mol. The Morgan fingerprint density at radius 2 is 1.85 bits per heavy atom. The van der Waals surface area contributed by atoms with Crippen LogP contribution in [0, 0.1) is 18.7 Å². The fourth-order valence-electron chi connectivity index (χ4n) is 4.16. The number of fused-ring (bicyclic) bond motifs is 1. The van der Waals surface area contributed by atoms with Crippen LogP contribution in [0.25, 0.3) is 10.2 Å². The van der Waals surface area contributed by atoms with Gasteiger partial charge in [0.25, 0.3) is 0 Å². The molecule has 2 heterocycles. The third kappa shape index (κ3) is 4.24. The molecule has 5 rings (SSSR count). The lowest BCUT2D eigenvalue weighted by molar-refractivity contribution is -0.124. The Kier molecular flexibility index (Phi) is 5.64. The standard InChI is InChI=1S/C26H22FN3O2S/c1-17-6-5-9-22-24(17)28-26(33-22)30(15-18-7-3-2-4-8-18)25(32)19-14-23(31)29(16-19)21-12-10-20(27)11-13-21/h2-13,19H,14-16H2,1H3. The number of para-hydroxylation sites is 1. The summed E-state index contributed by atoms with van der Waals surface area (Å²) in [6.07, 6.45) is 0.116. The van der Waals surface area contributed by atoms with Crippen molar-refractivity contribution in [2.45, 2.75) is 19.9 Å². The van der Waals surface area contributed by atoms with Gasteiger partial charge in [-0.05, 0) is 48.4 Å². The highest BCUT2D eigenvalue weighted by Gasteiger charge is 2.38. The van der Waals surface area contributed by atoms with Crippen molar-refractivity contribution in [2.75, 3.05) is 16.3 Å². The second-order valence-electron chi connectivity index (χ2n) is 8.21. The average Bonchev–Trinajstić information content (AvgIpc) is 3.43. The number of rotatable bonds is 5. The maximum atomic E-state index is 13.7. The van der Waals surface area contributed by atoms with Crippen LogP contribution >= 0.6 is 11.3 Å². The molecule has 1 aromatic heterocycles. The van der Waals surface area contributed by atoms with Gasteiger partial charge in [-0.25, -0.2) is 9.37 Å². The minimum absolute atomic E-state index is 0.116. The van der Waals surface area contributed by atoms with Crippen LogP contribution in [-0.2, 0) is 16.1 Å². The zero-order chi connectivity index (χ0) is 22.9. The first kappa shape index (κ1) is 21.3. The van der Waals surface area contributed by atoms with Crippen LogP contribution in [0.3, 0.4) is 0 Å². The highest BCUT2D eigenvalue weighted by molar-refractivity contribution is 7.22. The Morgan fingerprint density at radius 3 is 2.58 bits per heavy atom. The number of hydrogen-bond acceptors (Lipinski definition) is 4. The van der Waals surface area contributed by atoms with Crippen molar-refractivity contribution in [3.05, 3.63) is 89.7 Å². The first-order valence-corrected chi connectivity index (χ1v) is 11.6. The van der Waals surface area contributed by atoms with Crippen molar-refractivity contribution in [2.24, 2.45) is 5.92 Å². The van der Waals surface area contributed by atoms with Gasteiger partial charge in [0.1, 0.15) is 5.82 Å². The smallest absolute Gasteiger partial charge is 0.234 e. The molecule has 33 heavy (non-hydrogen) atoms. The molecule has 166 valence electrons. The Labute approximate surface area is 195 Å². The van der Waals surface area contributed by atoms with Crippen LogP contribution in [0.4, 0.5) is 15.2 Å². The summed E-state index contributed by atoms with van der Waals surface area (Å²) in [7, 11) is 0. The zero-order valence-electron chi connectivity index (χ0n) is 18.1. The number of aryl methyl sites for hydroxylation is 1. The summed E-state index contributed by atoms with van der Waals surface area (Å²) in [4.78, 5) is 34.5. The molecule has 0 N–H and O–H groups in total. The van der Waals surface area contributed by atoms with Gasteiger partial charge in [0.2, 0.25) is 11.8 Å². The molecule has 0 bridgehead atoms. The van der Waals surface area contributed by atoms with Crippen molar-refractivity contribution in [1.29, 1.82) is 0 Å². The minimum atomic E-state index is -0.501. The van der Waals surface area contributed by atoms with Gasteiger partial charge in [-0.15, -0.1) is 0 Å². The molecule has 5 nitrogen and oxygen atoms in total. The average molecular weight is 460 g/mol. The molecule has 2 amide bonds. The number of carbonyl (C=O) groups excluding carboxylic acids is 2. The lowest BCUT2D eigenvalue weighted by atomic mass is 10.1. The van der Waals surface area contributed by atoms with E-state index in [9.17, 15) is 14.0 Å². The van der Waals surface area contributed by atoms with Crippen molar-refractivity contribution < 1.29 is 14.0 Å². The summed E-state index contributed by atoms with van der Waals surface area (Å²) in [6, 6.07) is 21.5. The maximum absolute atomic E-state index is 13.7. The molecule has 3 aromatic carbocycles. The van der Waals surface area contributed by atoms with E-state index < -0.39 is 5.92 Å². The van der Waals surface area contributed by atoms with E-state index in [1.54, 1.807) is 21.9 Å². The Morgan fingerprint density at radius 1 is 1.09 bits per heavy atom. The lowest BCUT2D eigenvalue weighted by Crippen LogP contribution is -2.37. The molecule has 1 saturated heterocycles. The van der Waals surface area contributed by atoms with E-state index in [2.05, 4.69) is 0 Å². The molecule has 1 unspecified atom stereocenters. The van der Waals surface area contributed by atoms with Gasteiger partial charge in [-0.2, -0.15) is 0 Å². The summed E-state index contributed by atoms with van der Waals surface area (Å²) in [5.74, 6) is -1.13. The maximum Gasteiger partial charge on any atom is 0.234 e. The van der Waals surface area contributed by atoms with Gasteiger partial charge < -0.3 is 4.90 Å². The van der Waals surface area contributed by atoms with Gasteiger partial charge in [-0.1, -0.05) is 53.8 Å². The molecular formula is C26H22FN3O2S. The number of carbonyl (C=O) groups is 2. The normalized spacial score (nSPS) is 15.9. The quantitative estimate of drug-likeness (QED) is 0.405. The van der Waals surface area contributed by atoms with Crippen molar-refractivity contribution in [3.8, 4) is 0 Å². The summed E-state index contributed by atoms with van der Waals surface area (Å²) in [6.45, 7) is 2.64. The number of amides is 2. The Bertz CT molecular complexity index is 1320. The van der Waals surface area contributed by atoms with Crippen LogP contribution in [-0.4, -0.2) is 23.3 Å². The predicted octanol–water partition coefficient (Wildman–Crippen LogP) is 5.33. The summed E-state index contributed by atoms with van der Waals surface area (Å²) in [5, 5.41) is 0.626. The number of halogens is 1. The highest BCUT2D eigenvalue weighted by atomic mass is 32.1. The number of thiazole rings is 1. The molecule has 1 aliphatic heterocycles. The van der Waals surface area contributed by atoms with Crippen molar-refractivity contribution in [3.63, 3.8) is 0 Å². The molecule has 1 aliphatic rings. The number of nitrogens with zero attached hydrogens (tertiary/aromatic N) is 3. The number of hydrogen-bond donors (Lipinski definition) is 0. The van der Waals surface area contributed by atoms with Gasteiger partial charge >= 0.3 is 0 Å². The van der Waals surface area contributed by atoms with Crippen LogP contribution in [0.2, 0.25) is 0 Å². The first-order chi connectivity index (χ1) is 16.0. The molecule has 1 fully saturated rings. The third-order valence-electron chi connectivity index (χ3n) is 5.90. The van der Waals surface area contributed by atoms with E-state index in [-0.39, 0.29) is 30.6 Å². The highest BCUT2D eigenvalue weighted by Crippen LogP contribution is 2.34. The van der Waals surface area contributed by atoms with E-state index in [0.29, 0.717) is 17.4 Å². The minimum Gasteiger partial charge on any atom is -0.312 e. The van der Waals surface area contributed by atoms with Crippen molar-refractivity contribution in [1.82, 2.24) is 4.98 Å². The van der Waals surface area contributed by atoms with Gasteiger partial charge in [0.05, 0.1) is 22.7 Å². The molecule has 0 radical (unpaired) electrons. The van der Waals surface area contributed by atoms with Crippen LogP contribution in [0.1, 0.15) is 17.5 Å². The molecule has 0 spiro atoms. The molecule has 0 saturated carbocycles. The van der Waals surface area contributed by atoms with E-state index in [1.807, 2.05) is 55.5 Å². The van der Waals surface area contributed by atoms with E-state index in [0.717, 1.165) is 21.3 Å².